The Labute approximate surface area is 538 Å². The van der Waals surface area contributed by atoms with Crippen LogP contribution in [0.15, 0.2) is 36.5 Å². The predicted molar refractivity (Wildman–Crippen MR) is 360 cm³/mol. The molecule has 2 fully saturated rings. The monoisotopic (exact) mass is 1250 g/mol. The fourth-order valence-corrected chi connectivity index (χ4v) is 12.4. The highest BCUT2D eigenvalue weighted by Crippen LogP contribution is 2.30. The lowest BCUT2D eigenvalue weighted by molar-refractivity contribution is -0.359. The summed E-state index contributed by atoms with van der Waals surface area (Å²) in [5, 5.41) is 87.6. The molecular formula is C74H139NO13. The number of carbonyl (C=O) groups excluding carboxylic acids is 1. The molecule has 0 aromatic carbocycles. The quantitative estimate of drug-likeness (QED) is 0.0204. The molecule has 88 heavy (non-hydrogen) atoms. The first-order valence-electron chi connectivity index (χ1n) is 37.2. The number of unbranched alkanes of at least 4 members (excludes halogenated alkanes) is 45. The molecule has 14 heteroatoms. The van der Waals surface area contributed by atoms with E-state index in [1.807, 2.05) is 6.08 Å². The largest absolute Gasteiger partial charge is 0.394 e. The Hall–Kier alpha value is -1.79. The summed E-state index contributed by atoms with van der Waals surface area (Å²) in [5.41, 5.74) is 0. The maximum atomic E-state index is 13.3. The van der Waals surface area contributed by atoms with E-state index >= 15 is 0 Å². The van der Waals surface area contributed by atoms with Gasteiger partial charge in [0, 0.05) is 6.42 Å². The topological polar surface area (TPSA) is 228 Å². The zero-order chi connectivity index (χ0) is 63.8. The van der Waals surface area contributed by atoms with Crippen molar-refractivity contribution in [3.05, 3.63) is 36.5 Å². The smallest absolute Gasteiger partial charge is 0.220 e. The van der Waals surface area contributed by atoms with E-state index < -0.39 is 86.8 Å². The molecule has 0 aromatic rings. The van der Waals surface area contributed by atoms with Crippen LogP contribution in [0.2, 0.25) is 0 Å². The van der Waals surface area contributed by atoms with Gasteiger partial charge in [-0.3, -0.25) is 4.79 Å². The molecule has 12 atom stereocenters. The Morgan fingerprint density at radius 3 is 1.14 bits per heavy atom. The van der Waals surface area contributed by atoms with Crippen LogP contribution < -0.4 is 5.32 Å². The number of allylic oxidation sites excluding steroid dienone is 5. The fourth-order valence-electron chi connectivity index (χ4n) is 12.4. The molecule has 2 rings (SSSR count). The van der Waals surface area contributed by atoms with E-state index in [1.54, 1.807) is 6.08 Å². The second kappa shape index (κ2) is 59.0. The van der Waals surface area contributed by atoms with Crippen LogP contribution in [0.3, 0.4) is 0 Å². The molecule has 14 nitrogen and oxygen atoms in total. The van der Waals surface area contributed by atoms with Gasteiger partial charge >= 0.3 is 0 Å². The maximum Gasteiger partial charge on any atom is 0.220 e. The highest BCUT2D eigenvalue weighted by atomic mass is 16.7. The number of aliphatic hydroxyl groups is 8. The Balaban J connectivity index is 1.66. The molecule has 1 amide bonds. The number of hydrogen-bond acceptors (Lipinski definition) is 13. The minimum absolute atomic E-state index is 0.235. The van der Waals surface area contributed by atoms with E-state index in [9.17, 15) is 45.6 Å². The molecule has 2 saturated heterocycles. The van der Waals surface area contributed by atoms with Gasteiger partial charge in [-0.1, -0.05) is 314 Å². The first-order chi connectivity index (χ1) is 43.1. The van der Waals surface area contributed by atoms with Crippen LogP contribution in [-0.4, -0.2) is 140 Å². The standard InChI is InChI=1S/C74H139NO13/c1-3-5-7-9-11-13-15-17-19-21-23-25-27-29-30-31-32-34-35-37-39-41-43-45-47-49-51-53-55-57-63(78)62(61-85-73-71(84)69(82)72(65(60-77)87-73)88-74-70(83)68(81)67(80)64(59-76)86-74)75-66(79)58-56-54-52-50-48-46-44-42-40-38-36-33-28-26-24-22-20-18-16-14-12-10-8-6-4-2/h16,18,22,24,55,57,62-65,67-74,76-78,80-84H,3-15,17,19-21,23,25-54,56,58-61H2,1-2H3,(H,75,79)/b18-16-,24-22-,57-55+. The normalized spacial score (nSPS) is 23.3. The molecule has 0 aliphatic carbocycles. The number of rotatable bonds is 62. The number of nitrogens with one attached hydrogen (secondary N) is 1. The van der Waals surface area contributed by atoms with E-state index in [-0.39, 0.29) is 18.9 Å². The molecule has 2 aliphatic rings. The fraction of sp³-hybridized carbons (Fsp3) is 0.905. The summed E-state index contributed by atoms with van der Waals surface area (Å²) in [6, 6.07) is -0.916. The van der Waals surface area contributed by atoms with Crippen molar-refractivity contribution in [1.29, 1.82) is 0 Å². The van der Waals surface area contributed by atoms with Crippen molar-refractivity contribution in [3.8, 4) is 0 Å². The summed E-state index contributed by atoms with van der Waals surface area (Å²) in [6.07, 6.45) is 59.2. The first kappa shape index (κ1) is 82.3. The van der Waals surface area contributed by atoms with E-state index in [0.717, 1.165) is 44.9 Å². The molecule has 2 heterocycles. The lowest BCUT2D eigenvalue weighted by atomic mass is 9.97. The number of aliphatic hydroxyl groups excluding tert-OH is 8. The summed E-state index contributed by atoms with van der Waals surface area (Å²) in [7, 11) is 0. The Kier molecular flexibility index (Phi) is 55.2. The third-order valence-corrected chi connectivity index (χ3v) is 18.3. The third-order valence-electron chi connectivity index (χ3n) is 18.3. The van der Waals surface area contributed by atoms with Gasteiger partial charge < -0.3 is 65.1 Å². The van der Waals surface area contributed by atoms with Gasteiger partial charge in [0.05, 0.1) is 32.0 Å². The Morgan fingerprint density at radius 2 is 0.750 bits per heavy atom. The molecule has 0 radical (unpaired) electrons. The van der Waals surface area contributed by atoms with Gasteiger partial charge in [0.1, 0.15) is 48.8 Å². The van der Waals surface area contributed by atoms with Crippen molar-refractivity contribution in [2.75, 3.05) is 19.8 Å². The van der Waals surface area contributed by atoms with E-state index in [0.29, 0.717) is 6.42 Å². The summed E-state index contributed by atoms with van der Waals surface area (Å²) < 4.78 is 22.9. The lowest BCUT2D eigenvalue weighted by Gasteiger charge is -2.46. The second-order valence-corrected chi connectivity index (χ2v) is 26.4. The summed E-state index contributed by atoms with van der Waals surface area (Å²) in [5.74, 6) is -0.235. The predicted octanol–water partition coefficient (Wildman–Crippen LogP) is 15.7. The average Bonchev–Trinajstić information content (AvgIpc) is 2.07. The van der Waals surface area contributed by atoms with Crippen LogP contribution in [0, 0.1) is 0 Å². The average molecular weight is 1250 g/mol. The van der Waals surface area contributed by atoms with Gasteiger partial charge in [-0.15, -0.1) is 0 Å². The van der Waals surface area contributed by atoms with Crippen LogP contribution in [0.4, 0.5) is 0 Å². The SMILES string of the molecule is CCCCCCC/C=C\C/C=C\CCCCCCCCCCCCCCCC(=O)NC(COC1OC(CO)C(OC2OC(CO)C(O)C(O)C2O)C(O)C1O)C(O)/C=C/CCCCCCCCCCCCCCCCCCCCCCCCCCCCC. The zero-order valence-electron chi connectivity index (χ0n) is 56.5. The van der Waals surface area contributed by atoms with Crippen LogP contribution in [0.1, 0.15) is 335 Å². The highest BCUT2D eigenvalue weighted by molar-refractivity contribution is 5.76. The van der Waals surface area contributed by atoms with Crippen molar-refractivity contribution < 1.29 is 64.6 Å². The van der Waals surface area contributed by atoms with Gasteiger partial charge in [0.2, 0.25) is 5.91 Å². The van der Waals surface area contributed by atoms with Crippen molar-refractivity contribution in [1.82, 2.24) is 5.32 Å². The summed E-state index contributed by atoms with van der Waals surface area (Å²) >= 11 is 0. The highest BCUT2D eigenvalue weighted by Gasteiger charge is 2.51. The van der Waals surface area contributed by atoms with Gasteiger partial charge in [-0.05, 0) is 51.4 Å². The van der Waals surface area contributed by atoms with Gasteiger partial charge in [0.25, 0.3) is 0 Å². The molecular weight excluding hydrogens is 1110 g/mol. The molecule has 0 aromatic heterocycles. The Morgan fingerprint density at radius 1 is 0.409 bits per heavy atom. The zero-order valence-corrected chi connectivity index (χ0v) is 56.5. The maximum absolute atomic E-state index is 13.3. The second-order valence-electron chi connectivity index (χ2n) is 26.4. The minimum atomic E-state index is -1.79. The van der Waals surface area contributed by atoms with Gasteiger partial charge in [-0.2, -0.15) is 0 Å². The molecule has 12 unspecified atom stereocenters. The molecule has 0 saturated carbocycles. The van der Waals surface area contributed by atoms with E-state index in [4.69, 9.17) is 18.9 Å². The number of carbonyl (C=O) groups is 1. The first-order valence-corrected chi connectivity index (χ1v) is 37.2. The van der Waals surface area contributed by atoms with E-state index in [2.05, 4.69) is 43.5 Å². The molecule has 9 N–H and O–H groups in total. The molecule has 0 bridgehead atoms. The minimum Gasteiger partial charge on any atom is -0.394 e. The Bertz CT molecular complexity index is 1620. The van der Waals surface area contributed by atoms with Crippen LogP contribution in [0.5, 0.6) is 0 Å². The van der Waals surface area contributed by atoms with Crippen molar-refractivity contribution in [2.45, 2.75) is 408 Å². The summed E-state index contributed by atoms with van der Waals surface area (Å²) in [4.78, 5) is 13.3. The molecule has 0 spiro atoms. The van der Waals surface area contributed by atoms with Gasteiger partial charge in [-0.25, -0.2) is 0 Å². The number of ether oxygens (including phenoxy) is 4. The van der Waals surface area contributed by atoms with Crippen LogP contribution >= 0.6 is 0 Å². The van der Waals surface area contributed by atoms with Gasteiger partial charge in [0.15, 0.2) is 12.6 Å². The van der Waals surface area contributed by atoms with Crippen molar-refractivity contribution in [3.63, 3.8) is 0 Å². The van der Waals surface area contributed by atoms with Crippen molar-refractivity contribution >= 4 is 5.91 Å². The number of amides is 1. The third kappa shape index (κ3) is 42.4. The lowest BCUT2D eigenvalue weighted by Crippen LogP contribution is -2.65. The number of hydrogen-bond donors (Lipinski definition) is 9. The van der Waals surface area contributed by atoms with E-state index in [1.165, 1.54) is 263 Å². The molecule has 518 valence electrons. The van der Waals surface area contributed by atoms with Crippen LogP contribution in [0.25, 0.3) is 0 Å². The molecule has 2 aliphatic heterocycles. The van der Waals surface area contributed by atoms with Crippen molar-refractivity contribution in [2.24, 2.45) is 0 Å². The van der Waals surface area contributed by atoms with Crippen LogP contribution in [-0.2, 0) is 23.7 Å². The summed E-state index contributed by atoms with van der Waals surface area (Å²) in [6.45, 7) is 2.84.